The molecular weight excluding hydrogens is 276 g/mol. The maximum atomic E-state index is 10.8. The minimum absolute atomic E-state index is 0.00899. The van der Waals surface area contributed by atoms with E-state index in [1.54, 1.807) is 12.1 Å². The predicted molar refractivity (Wildman–Crippen MR) is 82.4 cm³/mol. The Labute approximate surface area is 125 Å². The van der Waals surface area contributed by atoms with Crippen molar-refractivity contribution in [2.75, 3.05) is 6.61 Å². The molecule has 0 amide bonds. The van der Waals surface area contributed by atoms with Gasteiger partial charge in [0.1, 0.15) is 5.75 Å². The average molecular weight is 297 g/mol. The van der Waals surface area contributed by atoms with Gasteiger partial charge in [-0.15, -0.1) is 0 Å². The molecule has 0 saturated heterocycles. The summed E-state index contributed by atoms with van der Waals surface area (Å²) in [6, 6.07) is 5.48. The Morgan fingerprint density at radius 1 is 1.35 bits per heavy atom. The van der Waals surface area contributed by atoms with Crippen LogP contribution in [0.4, 0.5) is 0 Å². The van der Waals surface area contributed by atoms with Crippen molar-refractivity contribution in [1.82, 2.24) is 0 Å². The number of carboxylic acid groups (broad SMARTS) is 1. The molecular formula is C16H21ClO3. The molecule has 4 heteroatoms. The zero-order valence-corrected chi connectivity index (χ0v) is 12.7. The maximum Gasteiger partial charge on any atom is 0.307 e. The highest BCUT2D eigenvalue weighted by Crippen LogP contribution is 2.32. The van der Waals surface area contributed by atoms with Gasteiger partial charge in [0, 0.05) is 10.6 Å². The fourth-order valence-corrected chi connectivity index (χ4v) is 2.09. The summed E-state index contributed by atoms with van der Waals surface area (Å²) in [4.78, 5) is 10.8. The van der Waals surface area contributed by atoms with Crippen LogP contribution in [0.25, 0.3) is 5.57 Å². The molecule has 0 aromatic heterocycles. The number of rotatable bonds is 8. The molecule has 0 unspecified atom stereocenters. The van der Waals surface area contributed by atoms with Gasteiger partial charge in [-0.25, -0.2) is 0 Å². The van der Waals surface area contributed by atoms with Crippen LogP contribution in [0.1, 0.15) is 45.1 Å². The molecule has 0 radical (unpaired) electrons. The molecule has 0 heterocycles. The highest BCUT2D eigenvalue weighted by Gasteiger charge is 2.10. The highest BCUT2D eigenvalue weighted by molar-refractivity contribution is 6.30. The van der Waals surface area contributed by atoms with Crippen molar-refractivity contribution in [2.45, 2.75) is 39.5 Å². The first-order valence-electron chi connectivity index (χ1n) is 6.92. The summed E-state index contributed by atoms with van der Waals surface area (Å²) in [5, 5.41) is 9.47. The third kappa shape index (κ3) is 5.25. The fourth-order valence-electron chi connectivity index (χ4n) is 1.92. The van der Waals surface area contributed by atoms with E-state index in [0.29, 0.717) is 11.6 Å². The van der Waals surface area contributed by atoms with Crippen LogP contribution in [0, 0.1) is 0 Å². The van der Waals surface area contributed by atoms with Crippen molar-refractivity contribution in [3.8, 4) is 5.75 Å². The molecule has 1 N–H and O–H groups in total. The number of halogens is 1. The molecule has 0 aliphatic rings. The lowest BCUT2D eigenvalue weighted by molar-refractivity contribution is -0.135. The summed E-state index contributed by atoms with van der Waals surface area (Å²) < 4.78 is 5.73. The molecule has 0 aliphatic carbocycles. The molecule has 0 saturated carbocycles. The average Bonchev–Trinajstić information content (AvgIpc) is 2.42. The Hall–Kier alpha value is -1.48. The van der Waals surface area contributed by atoms with Gasteiger partial charge < -0.3 is 9.84 Å². The van der Waals surface area contributed by atoms with Crippen molar-refractivity contribution in [3.63, 3.8) is 0 Å². The van der Waals surface area contributed by atoms with Crippen LogP contribution in [0.2, 0.25) is 5.02 Å². The predicted octanol–water partition coefficient (Wildman–Crippen LogP) is 4.79. The number of carbonyl (C=O) groups is 1. The summed E-state index contributed by atoms with van der Waals surface area (Å²) in [7, 11) is 0. The van der Waals surface area contributed by atoms with E-state index >= 15 is 0 Å². The van der Waals surface area contributed by atoms with E-state index in [1.165, 1.54) is 0 Å². The van der Waals surface area contributed by atoms with Crippen LogP contribution in [-0.2, 0) is 4.79 Å². The number of benzene rings is 1. The Balaban J connectivity index is 3.12. The number of aliphatic carboxylic acids is 1. The smallest absolute Gasteiger partial charge is 0.307 e. The molecule has 0 atom stereocenters. The van der Waals surface area contributed by atoms with Crippen LogP contribution in [0.5, 0.6) is 5.75 Å². The largest absolute Gasteiger partial charge is 0.493 e. The Bertz CT molecular complexity index is 481. The molecule has 0 fully saturated rings. The maximum absolute atomic E-state index is 10.8. The van der Waals surface area contributed by atoms with Crippen LogP contribution in [0.15, 0.2) is 24.3 Å². The SMILES string of the molecule is CCCOc1ccc(Cl)cc1/C(=C/CC(=O)O)CCC. The van der Waals surface area contributed by atoms with Crippen molar-refractivity contribution in [3.05, 3.63) is 34.9 Å². The third-order valence-corrected chi connectivity index (χ3v) is 3.03. The normalized spacial score (nSPS) is 11.4. The lowest BCUT2D eigenvalue weighted by Crippen LogP contribution is -2.00. The van der Waals surface area contributed by atoms with Crippen molar-refractivity contribution in [2.24, 2.45) is 0 Å². The zero-order chi connectivity index (χ0) is 15.0. The second kappa shape index (κ2) is 8.64. The van der Waals surface area contributed by atoms with Crippen molar-refractivity contribution < 1.29 is 14.6 Å². The van der Waals surface area contributed by atoms with Gasteiger partial charge in [-0.2, -0.15) is 0 Å². The summed E-state index contributed by atoms with van der Waals surface area (Å²) >= 11 is 6.06. The lowest BCUT2D eigenvalue weighted by Gasteiger charge is -2.14. The monoisotopic (exact) mass is 296 g/mol. The van der Waals surface area contributed by atoms with E-state index < -0.39 is 5.97 Å². The molecule has 1 aromatic rings. The molecule has 20 heavy (non-hydrogen) atoms. The van der Waals surface area contributed by atoms with Gasteiger partial charge in [-0.05, 0) is 36.6 Å². The van der Waals surface area contributed by atoms with Crippen LogP contribution >= 0.6 is 11.6 Å². The van der Waals surface area contributed by atoms with Gasteiger partial charge in [0.25, 0.3) is 0 Å². The summed E-state index contributed by atoms with van der Waals surface area (Å²) in [5.41, 5.74) is 1.87. The number of hydrogen-bond donors (Lipinski definition) is 1. The quantitative estimate of drug-likeness (QED) is 0.750. The molecule has 3 nitrogen and oxygen atoms in total. The van der Waals surface area contributed by atoms with E-state index in [1.807, 2.05) is 19.1 Å². The Kier molecular flexibility index (Phi) is 7.16. The second-order valence-electron chi connectivity index (χ2n) is 4.57. The third-order valence-electron chi connectivity index (χ3n) is 2.79. The van der Waals surface area contributed by atoms with E-state index in [4.69, 9.17) is 21.4 Å². The number of allylic oxidation sites excluding steroid dienone is 1. The minimum Gasteiger partial charge on any atom is -0.493 e. The molecule has 0 spiro atoms. The van der Waals surface area contributed by atoms with Gasteiger partial charge in [0.2, 0.25) is 0 Å². The first-order valence-corrected chi connectivity index (χ1v) is 7.29. The molecule has 1 rings (SSSR count). The number of ether oxygens (including phenoxy) is 1. The highest BCUT2D eigenvalue weighted by atomic mass is 35.5. The summed E-state index contributed by atoms with van der Waals surface area (Å²) in [5.74, 6) is -0.0713. The summed E-state index contributed by atoms with van der Waals surface area (Å²) in [6.45, 7) is 4.74. The number of carboxylic acids is 1. The van der Waals surface area contributed by atoms with Gasteiger partial charge in [0.15, 0.2) is 0 Å². The van der Waals surface area contributed by atoms with Crippen LogP contribution < -0.4 is 4.74 Å². The Morgan fingerprint density at radius 3 is 2.70 bits per heavy atom. The van der Waals surface area contributed by atoms with Crippen LogP contribution in [0.3, 0.4) is 0 Å². The summed E-state index contributed by atoms with van der Waals surface area (Å²) in [6.07, 6.45) is 4.41. The van der Waals surface area contributed by atoms with E-state index in [9.17, 15) is 4.79 Å². The van der Waals surface area contributed by atoms with E-state index in [2.05, 4.69) is 6.92 Å². The van der Waals surface area contributed by atoms with E-state index in [0.717, 1.165) is 36.1 Å². The molecule has 0 bridgehead atoms. The fraction of sp³-hybridized carbons (Fsp3) is 0.438. The Morgan fingerprint density at radius 2 is 2.10 bits per heavy atom. The molecule has 1 aromatic carbocycles. The number of hydrogen-bond acceptors (Lipinski definition) is 2. The van der Waals surface area contributed by atoms with Crippen LogP contribution in [-0.4, -0.2) is 17.7 Å². The molecule has 110 valence electrons. The first-order chi connectivity index (χ1) is 9.58. The first kappa shape index (κ1) is 16.6. The second-order valence-corrected chi connectivity index (χ2v) is 5.00. The van der Waals surface area contributed by atoms with Gasteiger partial charge in [-0.3, -0.25) is 4.79 Å². The minimum atomic E-state index is -0.836. The lowest BCUT2D eigenvalue weighted by atomic mass is 9.99. The van der Waals surface area contributed by atoms with Gasteiger partial charge in [0.05, 0.1) is 13.0 Å². The van der Waals surface area contributed by atoms with Gasteiger partial charge in [-0.1, -0.05) is 37.9 Å². The van der Waals surface area contributed by atoms with E-state index in [-0.39, 0.29) is 6.42 Å². The zero-order valence-electron chi connectivity index (χ0n) is 12.0. The van der Waals surface area contributed by atoms with Crippen molar-refractivity contribution in [1.29, 1.82) is 0 Å². The van der Waals surface area contributed by atoms with Crippen molar-refractivity contribution >= 4 is 23.1 Å². The topological polar surface area (TPSA) is 46.5 Å². The van der Waals surface area contributed by atoms with Gasteiger partial charge >= 0.3 is 5.97 Å². The standard InChI is InChI=1S/C16H21ClO3/c1-3-5-12(6-9-16(18)19)14-11-13(17)7-8-15(14)20-10-4-2/h6-8,11H,3-5,9-10H2,1-2H3,(H,18,19)/b12-6+. The molecule has 0 aliphatic heterocycles.